The summed E-state index contributed by atoms with van der Waals surface area (Å²) in [5.74, 6) is -2.81. The Balaban J connectivity index is 2.13. The zero-order valence-electron chi connectivity index (χ0n) is 14.7. The summed E-state index contributed by atoms with van der Waals surface area (Å²) in [7, 11) is -3.20. The number of carbonyl (C=O) groups is 3. The third-order valence-electron chi connectivity index (χ3n) is 3.97. The molecule has 1 heterocycles. The van der Waals surface area contributed by atoms with Crippen LogP contribution in [0.3, 0.4) is 0 Å². The van der Waals surface area contributed by atoms with Crippen LogP contribution in [0.4, 0.5) is 9.18 Å². The highest BCUT2D eigenvalue weighted by atomic mass is 32.2. The first-order chi connectivity index (χ1) is 12.7. The summed E-state index contributed by atoms with van der Waals surface area (Å²) in [5.41, 5.74) is 0. The zero-order chi connectivity index (χ0) is 20.2. The lowest BCUT2D eigenvalue weighted by Gasteiger charge is -2.24. The van der Waals surface area contributed by atoms with Crippen molar-refractivity contribution >= 4 is 28.0 Å². The predicted octanol–water partition coefficient (Wildman–Crippen LogP) is 0.793. The van der Waals surface area contributed by atoms with Gasteiger partial charge in [-0.15, -0.1) is 0 Å². The highest BCUT2D eigenvalue weighted by molar-refractivity contribution is 7.89. The van der Waals surface area contributed by atoms with Crippen molar-refractivity contribution in [3.05, 3.63) is 30.1 Å². The van der Waals surface area contributed by atoms with E-state index >= 15 is 0 Å². The van der Waals surface area contributed by atoms with E-state index in [0.29, 0.717) is 6.42 Å². The van der Waals surface area contributed by atoms with E-state index in [1.54, 1.807) is 0 Å². The third kappa shape index (κ3) is 4.61. The zero-order valence-corrected chi connectivity index (χ0v) is 15.5. The van der Waals surface area contributed by atoms with Crippen LogP contribution in [0.5, 0.6) is 0 Å². The van der Waals surface area contributed by atoms with Crippen LogP contribution in [0.1, 0.15) is 19.8 Å². The highest BCUT2D eigenvalue weighted by Gasteiger charge is 2.42. The standard InChI is InChI=1S/C16H19FN2O7S/c1-10(14(20)18-16(22)25-2)26-15(21)12-7-5-9-19(12)27(23,24)13-8-4-3-6-11(13)17/h3-4,6,8,10,12H,5,7,9H2,1-2H3,(H,18,20,22)/t10-,12-/m0/s1. The Hall–Kier alpha value is -2.53. The first kappa shape index (κ1) is 20.8. The van der Waals surface area contributed by atoms with Crippen LogP contribution >= 0.6 is 0 Å². The maximum atomic E-state index is 13.9. The van der Waals surface area contributed by atoms with Crippen molar-refractivity contribution in [3.63, 3.8) is 0 Å². The molecule has 0 unspecified atom stereocenters. The van der Waals surface area contributed by atoms with Gasteiger partial charge in [0.05, 0.1) is 7.11 Å². The minimum atomic E-state index is -4.26. The van der Waals surface area contributed by atoms with Gasteiger partial charge in [0, 0.05) is 6.54 Å². The number of carbonyl (C=O) groups excluding carboxylic acids is 3. The van der Waals surface area contributed by atoms with Crippen LogP contribution < -0.4 is 5.32 Å². The number of hydrogen-bond donors (Lipinski definition) is 1. The van der Waals surface area contributed by atoms with Gasteiger partial charge in [0.2, 0.25) is 10.0 Å². The molecule has 0 bridgehead atoms. The van der Waals surface area contributed by atoms with Gasteiger partial charge in [-0.1, -0.05) is 12.1 Å². The molecule has 148 valence electrons. The summed E-state index contributed by atoms with van der Waals surface area (Å²) in [6.07, 6.45) is -1.84. The minimum Gasteiger partial charge on any atom is -0.453 e. The Morgan fingerprint density at radius 1 is 1.30 bits per heavy atom. The molecule has 1 N–H and O–H groups in total. The van der Waals surface area contributed by atoms with Gasteiger partial charge in [-0.2, -0.15) is 4.31 Å². The van der Waals surface area contributed by atoms with Crippen molar-refractivity contribution < 1.29 is 36.7 Å². The Labute approximate surface area is 155 Å². The van der Waals surface area contributed by atoms with Crippen LogP contribution in [0, 0.1) is 5.82 Å². The molecule has 0 aromatic heterocycles. The van der Waals surface area contributed by atoms with Crippen molar-refractivity contribution in [1.82, 2.24) is 9.62 Å². The Morgan fingerprint density at radius 2 is 1.96 bits per heavy atom. The van der Waals surface area contributed by atoms with Gasteiger partial charge in [0.1, 0.15) is 16.8 Å². The van der Waals surface area contributed by atoms with Gasteiger partial charge in [0.25, 0.3) is 5.91 Å². The van der Waals surface area contributed by atoms with Gasteiger partial charge in [-0.25, -0.2) is 17.6 Å². The fraction of sp³-hybridized carbons (Fsp3) is 0.438. The number of hydrogen-bond acceptors (Lipinski definition) is 7. The van der Waals surface area contributed by atoms with Crippen molar-refractivity contribution in [1.29, 1.82) is 0 Å². The van der Waals surface area contributed by atoms with E-state index in [9.17, 15) is 27.2 Å². The van der Waals surface area contributed by atoms with Crippen LogP contribution in [0.25, 0.3) is 0 Å². The first-order valence-corrected chi connectivity index (χ1v) is 9.48. The second kappa shape index (κ2) is 8.44. The maximum Gasteiger partial charge on any atom is 0.413 e. The molecule has 0 aliphatic carbocycles. The summed E-state index contributed by atoms with van der Waals surface area (Å²) in [6.45, 7) is 1.24. The maximum absolute atomic E-state index is 13.9. The smallest absolute Gasteiger partial charge is 0.413 e. The monoisotopic (exact) mass is 402 g/mol. The number of imide groups is 1. The number of amides is 2. The molecule has 0 saturated carbocycles. The number of ether oxygens (including phenoxy) is 2. The van der Waals surface area contributed by atoms with E-state index in [4.69, 9.17) is 4.74 Å². The number of esters is 1. The SMILES string of the molecule is COC(=O)NC(=O)[C@H](C)OC(=O)[C@@H]1CCCN1S(=O)(=O)c1ccccc1F. The average Bonchev–Trinajstić information content (AvgIpc) is 3.12. The van der Waals surface area contributed by atoms with E-state index in [0.717, 1.165) is 23.5 Å². The molecule has 1 aliphatic rings. The predicted molar refractivity (Wildman–Crippen MR) is 89.4 cm³/mol. The molecule has 2 amide bonds. The fourth-order valence-electron chi connectivity index (χ4n) is 2.60. The summed E-state index contributed by atoms with van der Waals surface area (Å²) in [6, 6.07) is 3.65. The van der Waals surface area contributed by atoms with Crippen molar-refractivity contribution in [2.75, 3.05) is 13.7 Å². The third-order valence-corrected chi connectivity index (χ3v) is 5.91. The molecule has 9 nitrogen and oxygen atoms in total. The number of rotatable bonds is 5. The van der Waals surface area contributed by atoms with E-state index in [2.05, 4.69) is 4.74 Å². The topological polar surface area (TPSA) is 119 Å². The fourth-order valence-corrected chi connectivity index (χ4v) is 4.32. The molecule has 1 saturated heterocycles. The lowest BCUT2D eigenvalue weighted by atomic mass is 10.2. The molecule has 1 aromatic carbocycles. The lowest BCUT2D eigenvalue weighted by molar-refractivity contribution is -0.157. The number of alkyl carbamates (subject to hydrolysis) is 1. The summed E-state index contributed by atoms with van der Waals surface area (Å²) in [4.78, 5) is 34.6. The van der Waals surface area contributed by atoms with Gasteiger partial charge in [0.15, 0.2) is 6.10 Å². The Kier molecular flexibility index (Phi) is 6.50. The number of nitrogens with one attached hydrogen (secondary N) is 1. The summed E-state index contributed by atoms with van der Waals surface area (Å²) >= 11 is 0. The second-order valence-electron chi connectivity index (χ2n) is 5.76. The Morgan fingerprint density at radius 3 is 2.59 bits per heavy atom. The molecule has 0 spiro atoms. The van der Waals surface area contributed by atoms with Crippen LogP contribution in [-0.2, 0) is 29.1 Å². The quantitative estimate of drug-likeness (QED) is 0.723. The van der Waals surface area contributed by atoms with Crippen LogP contribution in [0.2, 0.25) is 0 Å². The van der Waals surface area contributed by atoms with Gasteiger partial charge in [-0.05, 0) is 31.9 Å². The van der Waals surface area contributed by atoms with Gasteiger partial charge in [-0.3, -0.25) is 14.9 Å². The molecule has 0 radical (unpaired) electrons. The van der Waals surface area contributed by atoms with Gasteiger partial charge >= 0.3 is 12.1 Å². The summed E-state index contributed by atoms with van der Waals surface area (Å²) in [5, 5.41) is 1.84. The lowest BCUT2D eigenvalue weighted by Crippen LogP contribution is -2.45. The summed E-state index contributed by atoms with van der Waals surface area (Å²) < 4.78 is 49.4. The van der Waals surface area contributed by atoms with Crippen LogP contribution in [-0.4, -0.2) is 56.5 Å². The van der Waals surface area contributed by atoms with E-state index < -0.39 is 50.9 Å². The van der Waals surface area contributed by atoms with E-state index in [1.807, 2.05) is 5.32 Å². The van der Waals surface area contributed by atoms with E-state index in [-0.39, 0.29) is 13.0 Å². The normalized spacial score (nSPS) is 18.6. The van der Waals surface area contributed by atoms with Crippen molar-refractivity contribution in [3.8, 4) is 0 Å². The average molecular weight is 402 g/mol. The largest absolute Gasteiger partial charge is 0.453 e. The molecule has 1 aromatic rings. The van der Waals surface area contributed by atoms with Crippen molar-refractivity contribution in [2.24, 2.45) is 0 Å². The minimum absolute atomic E-state index is 0.0131. The second-order valence-corrected chi connectivity index (χ2v) is 7.62. The molecule has 2 atom stereocenters. The van der Waals surface area contributed by atoms with Gasteiger partial charge < -0.3 is 9.47 Å². The molecule has 27 heavy (non-hydrogen) atoms. The first-order valence-electron chi connectivity index (χ1n) is 8.04. The van der Waals surface area contributed by atoms with Crippen molar-refractivity contribution in [2.45, 2.75) is 36.8 Å². The molecular weight excluding hydrogens is 383 g/mol. The number of halogens is 1. The number of nitrogens with zero attached hydrogens (tertiary/aromatic N) is 1. The van der Waals surface area contributed by atoms with Crippen LogP contribution in [0.15, 0.2) is 29.2 Å². The highest BCUT2D eigenvalue weighted by Crippen LogP contribution is 2.28. The number of sulfonamides is 1. The molecule has 1 aliphatic heterocycles. The molecule has 11 heteroatoms. The van der Waals surface area contributed by atoms with E-state index in [1.165, 1.54) is 19.1 Å². The molecule has 1 fully saturated rings. The Bertz CT molecular complexity index is 843. The number of methoxy groups -OCH3 is 1. The number of benzene rings is 1. The molecule has 2 rings (SSSR count). The molecular formula is C16H19FN2O7S.